The van der Waals surface area contributed by atoms with Gasteiger partial charge in [0.05, 0.1) is 19.6 Å². The van der Waals surface area contributed by atoms with Crippen LogP contribution in [0.25, 0.3) is 0 Å². The lowest BCUT2D eigenvalue weighted by Gasteiger charge is -2.29. The Bertz CT molecular complexity index is 451. The Morgan fingerprint density at radius 1 is 0.750 bits per heavy atom. The number of hydrogen-bond acceptors (Lipinski definition) is 8. The van der Waals surface area contributed by atoms with Crippen molar-refractivity contribution in [3.8, 4) is 0 Å². The van der Waals surface area contributed by atoms with E-state index < -0.39 is 62.3 Å². The molecule has 1 unspecified atom stereocenters. The summed E-state index contributed by atoms with van der Waals surface area (Å²) in [7, 11) is 0. The fourth-order valence-electron chi connectivity index (χ4n) is 1.99. The second kappa shape index (κ2) is 10.5. The van der Waals surface area contributed by atoms with Crippen molar-refractivity contribution >= 4 is 23.9 Å². The van der Waals surface area contributed by atoms with Gasteiger partial charge in [-0.2, -0.15) is 0 Å². The molecule has 12 nitrogen and oxygen atoms in total. The molecule has 1 atom stereocenters. The average Bonchev–Trinajstić information content (AvgIpc) is 2.38. The third kappa shape index (κ3) is 9.68. The zero-order chi connectivity index (χ0) is 18.9. The average molecular weight is 352 g/mol. The van der Waals surface area contributed by atoms with Crippen LogP contribution in [-0.2, 0) is 19.2 Å². The van der Waals surface area contributed by atoms with E-state index in [1.165, 1.54) is 0 Å². The molecule has 0 rings (SSSR count). The lowest BCUT2D eigenvalue weighted by Crippen LogP contribution is -2.49. The summed E-state index contributed by atoms with van der Waals surface area (Å²) in [6.45, 7) is -2.55. The summed E-state index contributed by atoms with van der Waals surface area (Å²) >= 11 is 0. The van der Waals surface area contributed by atoms with Crippen LogP contribution in [0.3, 0.4) is 0 Å². The summed E-state index contributed by atoms with van der Waals surface area (Å²) in [6.07, 6.45) is -2.66. The predicted octanol–water partition coefficient (Wildman–Crippen LogP) is -3.00. The van der Waals surface area contributed by atoms with E-state index in [1.54, 1.807) is 0 Å². The Morgan fingerprint density at radius 3 is 1.54 bits per heavy atom. The summed E-state index contributed by atoms with van der Waals surface area (Å²) < 4.78 is 0. The number of hydrogen-bond donors (Lipinski definition) is 6. The van der Waals surface area contributed by atoms with Gasteiger partial charge in [0.25, 0.3) is 0 Å². The van der Waals surface area contributed by atoms with E-state index in [-0.39, 0.29) is 13.1 Å². The molecule has 0 heterocycles. The summed E-state index contributed by atoms with van der Waals surface area (Å²) in [5.41, 5.74) is 0. The van der Waals surface area contributed by atoms with Gasteiger partial charge in [-0.05, 0) is 0 Å². The van der Waals surface area contributed by atoms with Crippen LogP contribution in [0.4, 0.5) is 0 Å². The first-order chi connectivity index (χ1) is 11.0. The first-order valence-electron chi connectivity index (χ1n) is 6.73. The van der Waals surface area contributed by atoms with Crippen LogP contribution in [0.15, 0.2) is 0 Å². The molecular weight excluding hydrogens is 332 g/mol. The van der Waals surface area contributed by atoms with Gasteiger partial charge in [-0.3, -0.25) is 29.0 Å². The predicted molar refractivity (Wildman–Crippen MR) is 75.2 cm³/mol. The smallest absolute Gasteiger partial charge is 0.321 e. The second-order valence-corrected chi connectivity index (χ2v) is 4.93. The van der Waals surface area contributed by atoms with Gasteiger partial charge in [0.1, 0.15) is 6.04 Å². The van der Waals surface area contributed by atoms with Crippen molar-refractivity contribution in [1.29, 1.82) is 0 Å². The molecule has 0 saturated heterocycles. The monoisotopic (exact) mass is 352 g/mol. The maximum absolute atomic E-state index is 11.2. The summed E-state index contributed by atoms with van der Waals surface area (Å²) in [4.78, 5) is 45.3. The van der Waals surface area contributed by atoms with Gasteiger partial charge in [0.15, 0.2) is 6.29 Å². The van der Waals surface area contributed by atoms with E-state index in [1.807, 2.05) is 0 Å². The van der Waals surface area contributed by atoms with Crippen molar-refractivity contribution in [2.75, 3.05) is 32.7 Å². The van der Waals surface area contributed by atoms with E-state index in [0.29, 0.717) is 0 Å². The molecule has 0 aliphatic carbocycles. The van der Waals surface area contributed by atoms with Gasteiger partial charge in [0.2, 0.25) is 0 Å². The van der Waals surface area contributed by atoms with Crippen LogP contribution in [0.1, 0.15) is 6.42 Å². The van der Waals surface area contributed by atoms with Gasteiger partial charge in [-0.25, -0.2) is 0 Å². The summed E-state index contributed by atoms with van der Waals surface area (Å²) in [5, 5.41) is 53.2. The molecule has 6 N–H and O–H groups in total. The molecule has 138 valence electrons. The van der Waals surface area contributed by atoms with Crippen LogP contribution in [0.5, 0.6) is 0 Å². The molecule has 0 aromatic heterocycles. The molecule has 0 radical (unpaired) electrons. The number of aliphatic hydroxyl groups excluding tert-OH is 1. The Morgan fingerprint density at radius 2 is 1.21 bits per heavy atom. The van der Waals surface area contributed by atoms with E-state index in [9.17, 15) is 19.2 Å². The second-order valence-electron chi connectivity index (χ2n) is 4.93. The van der Waals surface area contributed by atoms with E-state index in [0.717, 1.165) is 9.80 Å². The lowest BCUT2D eigenvalue weighted by molar-refractivity contribution is -0.152. The van der Waals surface area contributed by atoms with Crippen molar-refractivity contribution in [2.45, 2.75) is 18.8 Å². The van der Waals surface area contributed by atoms with Crippen LogP contribution in [-0.4, -0.2) is 109 Å². The highest BCUT2D eigenvalue weighted by molar-refractivity contribution is 5.75. The number of carboxylic acids is 4. The largest absolute Gasteiger partial charge is 0.480 e. The van der Waals surface area contributed by atoms with Gasteiger partial charge in [-0.1, -0.05) is 0 Å². The quantitative estimate of drug-likeness (QED) is 0.184. The highest BCUT2D eigenvalue weighted by Crippen LogP contribution is 2.08. The lowest BCUT2D eigenvalue weighted by atomic mass is 10.1. The standard InChI is InChI=1S/C12H20N2O10/c15-8(16)3-7(12(23)24)14(6-11(21)22)2-1-13(4-9(17)18)5-10(19)20/h7-8,15-16H,1-6H2,(H,17,18)(H,19,20)(H,21,22)(H,23,24). The number of rotatable bonds is 13. The van der Waals surface area contributed by atoms with E-state index in [2.05, 4.69) is 0 Å². The topological polar surface area (TPSA) is 196 Å². The van der Waals surface area contributed by atoms with Gasteiger partial charge >= 0.3 is 23.9 Å². The Balaban J connectivity index is 5.07. The van der Waals surface area contributed by atoms with Crippen molar-refractivity contribution in [3.05, 3.63) is 0 Å². The molecule has 0 saturated carbocycles. The van der Waals surface area contributed by atoms with Gasteiger partial charge in [-0.15, -0.1) is 0 Å². The van der Waals surface area contributed by atoms with Crippen LogP contribution in [0.2, 0.25) is 0 Å². The Labute approximate surface area is 136 Å². The molecule has 12 heteroatoms. The highest BCUT2D eigenvalue weighted by Gasteiger charge is 2.29. The Kier molecular flexibility index (Phi) is 9.49. The molecular formula is C12H20N2O10. The number of nitrogens with zero attached hydrogens (tertiary/aromatic N) is 2. The minimum atomic E-state index is -1.99. The molecule has 24 heavy (non-hydrogen) atoms. The molecule has 0 amide bonds. The summed E-state index contributed by atoms with van der Waals surface area (Å²) in [6, 6.07) is -1.54. The molecule has 0 aromatic rings. The third-order valence-electron chi connectivity index (χ3n) is 2.92. The van der Waals surface area contributed by atoms with Gasteiger partial charge < -0.3 is 30.6 Å². The first-order valence-corrected chi connectivity index (χ1v) is 6.73. The molecule has 0 spiro atoms. The maximum atomic E-state index is 11.2. The minimum Gasteiger partial charge on any atom is -0.480 e. The normalized spacial score (nSPS) is 12.5. The molecule has 0 aromatic carbocycles. The van der Waals surface area contributed by atoms with E-state index >= 15 is 0 Å². The Hall–Kier alpha value is -2.28. The van der Waals surface area contributed by atoms with Crippen molar-refractivity contribution in [2.24, 2.45) is 0 Å². The number of aliphatic hydroxyl groups is 2. The van der Waals surface area contributed by atoms with Gasteiger partial charge in [0, 0.05) is 19.5 Å². The minimum absolute atomic E-state index is 0.239. The molecule has 0 aliphatic rings. The molecule has 0 bridgehead atoms. The number of carbonyl (C=O) groups is 4. The van der Waals surface area contributed by atoms with Crippen LogP contribution >= 0.6 is 0 Å². The molecule has 0 fully saturated rings. The van der Waals surface area contributed by atoms with Crippen molar-refractivity contribution in [1.82, 2.24) is 9.80 Å². The van der Waals surface area contributed by atoms with Crippen LogP contribution < -0.4 is 0 Å². The van der Waals surface area contributed by atoms with Crippen LogP contribution in [0, 0.1) is 0 Å². The fourth-order valence-corrected chi connectivity index (χ4v) is 1.99. The number of aliphatic carboxylic acids is 4. The zero-order valence-electron chi connectivity index (χ0n) is 12.6. The summed E-state index contributed by atoms with van der Waals surface area (Å²) in [5.74, 6) is -5.48. The molecule has 0 aliphatic heterocycles. The van der Waals surface area contributed by atoms with Crippen molar-refractivity contribution < 1.29 is 49.8 Å². The third-order valence-corrected chi connectivity index (χ3v) is 2.92. The zero-order valence-corrected chi connectivity index (χ0v) is 12.6. The number of carboxylic acid groups (broad SMARTS) is 4. The SMILES string of the molecule is O=C(O)CN(CCN(CC(=O)O)C(CC(O)O)C(=O)O)CC(=O)O. The van der Waals surface area contributed by atoms with E-state index in [4.69, 9.17) is 30.6 Å². The first kappa shape index (κ1) is 21.7. The fraction of sp³-hybridized carbons (Fsp3) is 0.667. The highest BCUT2D eigenvalue weighted by atomic mass is 16.5. The maximum Gasteiger partial charge on any atom is 0.321 e. The van der Waals surface area contributed by atoms with Crippen molar-refractivity contribution in [3.63, 3.8) is 0 Å².